The lowest BCUT2D eigenvalue weighted by Crippen LogP contribution is -2.46. The molecule has 120 valence electrons. The highest BCUT2D eigenvalue weighted by molar-refractivity contribution is 6.39. The molecular formula is C15H15Cl2N5O. The van der Waals surface area contributed by atoms with Gasteiger partial charge in [-0.1, -0.05) is 29.3 Å². The van der Waals surface area contributed by atoms with E-state index in [2.05, 4.69) is 15.3 Å². The topological polar surface area (TPSA) is 61.4 Å². The molecule has 1 saturated heterocycles. The number of para-hydroxylation sites is 1. The van der Waals surface area contributed by atoms with Crippen LogP contribution >= 0.6 is 23.2 Å². The van der Waals surface area contributed by atoms with E-state index in [0.29, 0.717) is 53.7 Å². The van der Waals surface area contributed by atoms with Crippen LogP contribution in [0.2, 0.25) is 10.0 Å². The summed E-state index contributed by atoms with van der Waals surface area (Å²) in [5.41, 5.74) is 0.617. The van der Waals surface area contributed by atoms with Crippen molar-refractivity contribution in [2.75, 3.05) is 36.4 Å². The second-order valence-electron chi connectivity index (χ2n) is 5.09. The number of hydrogen-bond acceptors (Lipinski definition) is 5. The number of anilines is 3. The fourth-order valence-corrected chi connectivity index (χ4v) is 2.83. The summed E-state index contributed by atoms with van der Waals surface area (Å²) in [6.45, 7) is 2.74. The molecule has 0 spiro atoms. The van der Waals surface area contributed by atoms with E-state index in [4.69, 9.17) is 23.2 Å². The average Bonchev–Trinajstić information content (AvgIpc) is 2.59. The SMILES string of the molecule is O=CN1CCN(c2nccc(Nc3c(Cl)cccc3Cl)n2)CC1. The second-order valence-corrected chi connectivity index (χ2v) is 5.91. The molecule has 3 rings (SSSR count). The Labute approximate surface area is 144 Å². The fourth-order valence-electron chi connectivity index (χ4n) is 2.34. The number of nitrogens with zero attached hydrogens (tertiary/aromatic N) is 4. The molecule has 0 aliphatic carbocycles. The van der Waals surface area contributed by atoms with Gasteiger partial charge in [-0.3, -0.25) is 4.79 Å². The largest absolute Gasteiger partial charge is 0.342 e. The molecule has 1 fully saturated rings. The summed E-state index contributed by atoms with van der Waals surface area (Å²) >= 11 is 12.3. The maximum absolute atomic E-state index is 10.8. The summed E-state index contributed by atoms with van der Waals surface area (Å²) in [5.74, 6) is 1.23. The standard InChI is InChI=1S/C15H15Cl2N5O/c16-11-2-1-3-12(17)14(11)19-13-4-5-18-15(20-13)22-8-6-21(10-23)7-9-22/h1-5,10H,6-9H2,(H,18,19,20). The molecule has 2 heterocycles. The third kappa shape index (κ3) is 3.65. The van der Waals surface area contributed by atoms with Crippen LogP contribution in [0.4, 0.5) is 17.5 Å². The molecule has 1 aromatic carbocycles. The second kappa shape index (κ2) is 7.02. The summed E-state index contributed by atoms with van der Waals surface area (Å²) in [4.78, 5) is 23.4. The highest BCUT2D eigenvalue weighted by Gasteiger charge is 2.18. The molecule has 0 saturated carbocycles. The molecule has 0 atom stereocenters. The molecule has 0 unspecified atom stereocenters. The predicted molar refractivity (Wildman–Crippen MR) is 91.6 cm³/mol. The smallest absolute Gasteiger partial charge is 0.227 e. The highest BCUT2D eigenvalue weighted by atomic mass is 35.5. The normalized spacial score (nSPS) is 14.7. The van der Waals surface area contributed by atoms with Crippen molar-refractivity contribution in [1.82, 2.24) is 14.9 Å². The van der Waals surface area contributed by atoms with Crippen LogP contribution in [0.25, 0.3) is 0 Å². The first-order valence-corrected chi connectivity index (χ1v) is 7.91. The van der Waals surface area contributed by atoms with Gasteiger partial charge in [0, 0.05) is 32.4 Å². The van der Waals surface area contributed by atoms with Gasteiger partial charge in [0.15, 0.2) is 0 Å². The first-order valence-electron chi connectivity index (χ1n) is 7.16. The van der Waals surface area contributed by atoms with Crippen molar-refractivity contribution in [2.45, 2.75) is 0 Å². The van der Waals surface area contributed by atoms with E-state index < -0.39 is 0 Å². The van der Waals surface area contributed by atoms with E-state index in [1.54, 1.807) is 35.4 Å². The zero-order valence-electron chi connectivity index (χ0n) is 12.2. The maximum atomic E-state index is 10.8. The molecule has 0 bridgehead atoms. The zero-order chi connectivity index (χ0) is 16.2. The number of nitrogens with one attached hydrogen (secondary N) is 1. The van der Waals surface area contributed by atoms with Gasteiger partial charge in [0.05, 0.1) is 15.7 Å². The Bertz CT molecular complexity index is 684. The summed E-state index contributed by atoms with van der Waals surface area (Å²) in [6.07, 6.45) is 2.55. The minimum atomic E-state index is 0.525. The van der Waals surface area contributed by atoms with E-state index >= 15 is 0 Å². The summed E-state index contributed by atoms with van der Waals surface area (Å²) in [6, 6.07) is 7.06. The monoisotopic (exact) mass is 351 g/mol. The maximum Gasteiger partial charge on any atom is 0.227 e. The molecule has 0 radical (unpaired) electrons. The van der Waals surface area contributed by atoms with Crippen molar-refractivity contribution >= 4 is 47.1 Å². The minimum absolute atomic E-state index is 0.525. The van der Waals surface area contributed by atoms with E-state index in [-0.39, 0.29) is 0 Å². The first-order chi connectivity index (χ1) is 11.2. The molecule has 2 aromatic rings. The minimum Gasteiger partial charge on any atom is -0.342 e. The summed E-state index contributed by atoms with van der Waals surface area (Å²) in [5, 5.41) is 4.18. The number of piperazine rings is 1. The molecule has 8 heteroatoms. The summed E-state index contributed by atoms with van der Waals surface area (Å²) in [7, 11) is 0. The van der Waals surface area contributed by atoms with Crippen molar-refractivity contribution in [2.24, 2.45) is 0 Å². The van der Waals surface area contributed by atoms with Gasteiger partial charge in [-0.25, -0.2) is 4.98 Å². The Morgan fingerprint density at radius 3 is 2.43 bits per heavy atom. The molecule has 1 aliphatic rings. The van der Waals surface area contributed by atoms with Crippen LogP contribution in [-0.4, -0.2) is 47.5 Å². The number of benzene rings is 1. The predicted octanol–water partition coefficient (Wildman–Crippen LogP) is 2.81. The number of carbonyl (C=O) groups is 1. The number of aromatic nitrogens is 2. The van der Waals surface area contributed by atoms with Crippen LogP contribution in [0.1, 0.15) is 0 Å². The molecule has 1 N–H and O–H groups in total. The van der Waals surface area contributed by atoms with Gasteiger partial charge in [-0.05, 0) is 18.2 Å². The van der Waals surface area contributed by atoms with Gasteiger partial charge >= 0.3 is 0 Å². The van der Waals surface area contributed by atoms with Gasteiger partial charge in [-0.15, -0.1) is 0 Å². The van der Waals surface area contributed by atoms with Crippen molar-refractivity contribution in [3.05, 3.63) is 40.5 Å². The van der Waals surface area contributed by atoms with Crippen molar-refractivity contribution < 1.29 is 4.79 Å². The van der Waals surface area contributed by atoms with E-state index in [0.717, 1.165) is 6.41 Å². The van der Waals surface area contributed by atoms with Gasteiger partial charge in [-0.2, -0.15) is 4.98 Å². The van der Waals surface area contributed by atoms with Crippen LogP contribution < -0.4 is 10.2 Å². The number of hydrogen-bond donors (Lipinski definition) is 1. The van der Waals surface area contributed by atoms with Crippen LogP contribution in [0.3, 0.4) is 0 Å². The van der Waals surface area contributed by atoms with Gasteiger partial charge < -0.3 is 15.1 Å². The Morgan fingerprint density at radius 1 is 1.09 bits per heavy atom. The number of amides is 1. The third-order valence-electron chi connectivity index (χ3n) is 3.60. The van der Waals surface area contributed by atoms with Gasteiger partial charge in [0.1, 0.15) is 5.82 Å². The Kier molecular flexibility index (Phi) is 4.83. The van der Waals surface area contributed by atoms with Crippen LogP contribution in [0.15, 0.2) is 30.5 Å². The lowest BCUT2D eigenvalue weighted by atomic mass is 10.3. The summed E-state index contributed by atoms with van der Waals surface area (Å²) < 4.78 is 0. The number of halogens is 2. The number of carbonyl (C=O) groups excluding carboxylic acids is 1. The fraction of sp³-hybridized carbons (Fsp3) is 0.267. The average molecular weight is 352 g/mol. The van der Waals surface area contributed by atoms with Gasteiger partial charge in [0.25, 0.3) is 0 Å². The highest BCUT2D eigenvalue weighted by Crippen LogP contribution is 2.32. The van der Waals surface area contributed by atoms with Crippen LogP contribution in [0, 0.1) is 0 Å². The number of rotatable bonds is 4. The first kappa shape index (κ1) is 15.8. The van der Waals surface area contributed by atoms with Crippen molar-refractivity contribution in [1.29, 1.82) is 0 Å². The van der Waals surface area contributed by atoms with E-state index in [1.165, 1.54) is 0 Å². The van der Waals surface area contributed by atoms with Crippen LogP contribution in [0.5, 0.6) is 0 Å². The molecular weight excluding hydrogens is 337 g/mol. The Balaban J connectivity index is 1.77. The molecule has 1 amide bonds. The van der Waals surface area contributed by atoms with Gasteiger partial charge in [0.2, 0.25) is 12.4 Å². The van der Waals surface area contributed by atoms with E-state index in [1.807, 2.05) is 4.90 Å². The third-order valence-corrected chi connectivity index (χ3v) is 4.23. The Hall–Kier alpha value is -2.05. The van der Waals surface area contributed by atoms with Crippen LogP contribution in [-0.2, 0) is 4.79 Å². The van der Waals surface area contributed by atoms with Crippen molar-refractivity contribution in [3.63, 3.8) is 0 Å². The lowest BCUT2D eigenvalue weighted by molar-refractivity contribution is -0.118. The van der Waals surface area contributed by atoms with Crippen molar-refractivity contribution in [3.8, 4) is 0 Å². The molecule has 6 nitrogen and oxygen atoms in total. The lowest BCUT2D eigenvalue weighted by Gasteiger charge is -2.32. The molecule has 23 heavy (non-hydrogen) atoms. The molecule has 1 aliphatic heterocycles. The zero-order valence-corrected chi connectivity index (χ0v) is 13.8. The quantitative estimate of drug-likeness (QED) is 0.858. The Morgan fingerprint density at radius 2 is 1.78 bits per heavy atom. The molecule has 1 aromatic heterocycles. The van der Waals surface area contributed by atoms with E-state index in [9.17, 15) is 4.79 Å².